The van der Waals surface area contributed by atoms with Crippen LogP contribution in [0.1, 0.15) is 31.4 Å². The van der Waals surface area contributed by atoms with E-state index in [2.05, 4.69) is 32.0 Å². The van der Waals surface area contributed by atoms with Gasteiger partial charge in [-0.2, -0.15) is 5.10 Å². The molecule has 0 radical (unpaired) electrons. The van der Waals surface area contributed by atoms with Gasteiger partial charge in [-0.15, -0.1) is 0 Å². The fraction of sp³-hybridized carbons (Fsp3) is 0.750. The van der Waals surface area contributed by atoms with E-state index in [1.807, 2.05) is 17.9 Å². The van der Waals surface area contributed by atoms with Gasteiger partial charge >= 0.3 is 0 Å². The second-order valence-corrected chi connectivity index (χ2v) is 5.37. The molecule has 1 aromatic heterocycles. The van der Waals surface area contributed by atoms with Crippen molar-refractivity contribution in [1.29, 1.82) is 0 Å². The average Bonchev–Trinajstić information content (AvgIpc) is 2.67. The monoisotopic (exact) mass is 285 g/mol. The number of aryl methyl sites for hydroxylation is 1. The number of aromatic nitrogens is 2. The highest BCUT2D eigenvalue weighted by molar-refractivity contribution is 9.09. The SMILES string of the molecule is Cn1ccc(CN2CCCCC2CCBr)n1. The van der Waals surface area contributed by atoms with Crippen LogP contribution in [0, 0.1) is 0 Å². The smallest absolute Gasteiger partial charge is 0.0764 e. The van der Waals surface area contributed by atoms with Gasteiger partial charge in [0.1, 0.15) is 0 Å². The zero-order valence-electron chi connectivity index (χ0n) is 9.90. The van der Waals surface area contributed by atoms with Gasteiger partial charge < -0.3 is 0 Å². The van der Waals surface area contributed by atoms with Crippen molar-refractivity contribution in [2.75, 3.05) is 11.9 Å². The molecule has 0 aliphatic carbocycles. The number of likely N-dealkylation sites (tertiary alicyclic amines) is 1. The number of piperidine rings is 1. The number of hydrogen-bond donors (Lipinski definition) is 0. The molecular weight excluding hydrogens is 266 g/mol. The summed E-state index contributed by atoms with van der Waals surface area (Å²) in [5.41, 5.74) is 1.20. The summed E-state index contributed by atoms with van der Waals surface area (Å²) in [5.74, 6) is 0. The molecule has 4 heteroatoms. The van der Waals surface area contributed by atoms with Crippen LogP contribution in [0.25, 0.3) is 0 Å². The van der Waals surface area contributed by atoms with Gasteiger partial charge in [0.15, 0.2) is 0 Å². The summed E-state index contributed by atoms with van der Waals surface area (Å²) in [6.07, 6.45) is 7.35. The van der Waals surface area contributed by atoms with Crippen LogP contribution >= 0.6 is 15.9 Å². The first-order valence-corrected chi connectivity index (χ1v) is 7.20. The predicted octanol–water partition coefficient (Wildman–Crippen LogP) is 2.56. The van der Waals surface area contributed by atoms with Gasteiger partial charge in [0.05, 0.1) is 5.69 Å². The minimum absolute atomic E-state index is 0.745. The molecule has 1 aromatic rings. The first-order valence-electron chi connectivity index (χ1n) is 6.08. The van der Waals surface area contributed by atoms with Crippen molar-refractivity contribution in [1.82, 2.24) is 14.7 Å². The van der Waals surface area contributed by atoms with E-state index in [1.165, 1.54) is 37.9 Å². The van der Waals surface area contributed by atoms with E-state index in [0.29, 0.717) is 0 Å². The number of hydrogen-bond acceptors (Lipinski definition) is 2. The summed E-state index contributed by atoms with van der Waals surface area (Å²) in [7, 11) is 1.98. The summed E-state index contributed by atoms with van der Waals surface area (Å²) < 4.78 is 1.89. The van der Waals surface area contributed by atoms with Gasteiger partial charge in [-0.05, 0) is 31.9 Å². The van der Waals surface area contributed by atoms with Gasteiger partial charge in [-0.25, -0.2) is 0 Å². The Hall–Kier alpha value is -0.350. The number of rotatable bonds is 4. The molecule has 1 aliphatic heterocycles. The van der Waals surface area contributed by atoms with Gasteiger partial charge in [0, 0.05) is 31.2 Å². The maximum absolute atomic E-state index is 4.46. The molecule has 0 saturated carbocycles. The molecule has 0 spiro atoms. The molecule has 0 bridgehead atoms. The minimum Gasteiger partial charge on any atom is -0.294 e. The number of nitrogens with zero attached hydrogens (tertiary/aromatic N) is 3. The van der Waals surface area contributed by atoms with Crippen LogP contribution < -0.4 is 0 Å². The van der Waals surface area contributed by atoms with Crippen molar-refractivity contribution in [3.8, 4) is 0 Å². The molecular formula is C12H20BrN3. The Morgan fingerprint density at radius 1 is 1.50 bits per heavy atom. The van der Waals surface area contributed by atoms with E-state index >= 15 is 0 Å². The quantitative estimate of drug-likeness (QED) is 0.793. The summed E-state index contributed by atoms with van der Waals surface area (Å²) in [6.45, 7) is 2.24. The Morgan fingerprint density at radius 3 is 3.06 bits per heavy atom. The molecule has 2 rings (SSSR count). The van der Waals surface area contributed by atoms with Crippen molar-refractivity contribution in [3.05, 3.63) is 18.0 Å². The van der Waals surface area contributed by atoms with Crippen molar-refractivity contribution >= 4 is 15.9 Å². The average molecular weight is 286 g/mol. The van der Waals surface area contributed by atoms with Crippen LogP contribution in [0.2, 0.25) is 0 Å². The summed E-state index contributed by atoms with van der Waals surface area (Å²) >= 11 is 3.56. The Labute approximate surface area is 106 Å². The molecule has 1 saturated heterocycles. The van der Waals surface area contributed by atoms with E-state index in [-0.39, 0.29) is 0 Å². The predicted molar refractivity (Wildman–Crippen MR) is 69.7 cm³/mol. The topological polar surface area (TPSA) is 21.1 Å². The third kappa shape index (κ3) is 3.08. The summed E-state index contributed by atoms with van der Waals surface area (Å²) in [5, 5.41) is 5.57. The van der Waals surface area contributed by atoms with Gasteiger partial charge in [-0.3, -0.25) is 9.58 Å². The Kier molecular flexibility index (Phi) is 4.41. The Morgan fingerprint density at radius 2 is 2.38 bits per heavy atom. The van der Waals surface area contributed by atoms with Crippen LogP contribution in [0.4, 0.5) is 0 Å². The Bertz CT molecular complexity index is 322. The lowest BCUT2D eigenvalue weighted by Crippen LogP contribution is -2.39. The van der Waals surface area contributed by atoms with E-state index in [0.717, 1.165) is 17.9 Å². The normalized spacial score (nSPS) is 22.5. The second kappa shape index (κ2) is 5.82. The van der Waals surface area contributed by atoms with Crippen molar-refractivity contribution in [3.63, 3.8) is 0 Å². The first-order chi connectivity index (χ1) is 7.79. The largest absolute Gasteiger partial charge is 0.294 e. The molecule has 0 N–H and O–H groups in total. The highest BCUT2D eigenvalue weighted by atomic mass is 79.9. The minimum atomic E-state index is 0.745. The third-order valence-electron chi connectivity index (χ3n) is 3.33. The molecule has 1 fully saturated rings. The third-order valence-corrected chi connectivity index (χ3v) is 3.78. The van der Waals surface area contributed by atoms with E-state index in [1.54, 1.807) is 0 Å². The molecule has 2 heterocycles. The molecule has 16 heavy (non-hydrogen) atoms. The molecule has 1 atom stereocenters. The summed E-state index contributed by atoms with van der Waals surface area (Å²) in [6, 6.07) is 2.87. The zero-order chi connectivity index (χ0) is 11.4. The van der Waals surface area contributed by atoms with E-state index < -0.39 is 0 Å². The molecule has 0 amide bonds. The molecule has 3 nitrogen and oxygen atoms in total. The number of alkyl halides is 1. The lowest BCUT2D eigenvalue weighted by Gasteiger charge is -2.35. The fourth-order valence-corrected chi connectivity index (χ4v) is 3.01. The lowest BCUT2D eigenvalue weighted by atomic mass is 10.00. The van der Waals surface area contributed by atoms with Crippen LogP contribution in [-0.4, -0.2) is 32.6 Å². The van der Waals surface area contributed by atoms with Gasteiger partial charge in [0.25, 0.3) is 0 Å². The maximum atomic E-state index is 4.46. The fourth-order valence-electron chi connectivity index (χ4n) is 2.48. The highest BCUT2D eigenvalue weighted by Crippen LogP contribution is 2.21. The standard InChI is InChI=1S/C12H20BrN3/c1-15-9-6-11(14-15)10-16-8-3-2-4-12(16)5-7-13/h6,9,12H,2-5,7-8,10H2,1H3. The van der Waals surface area contributed by atoms with Crippen molar-refractivity contribution in [2.24, 2.45) is 7.05 Å². The molecule has 1 unspecified atom stereocenters. The maximum Gasteiger partial charge on any atom is 0.0764 e. The van der Waals surface area contributed by atoms with Gasteiger partial charge in [-0.1, -0.05) is 22.4 Å². The van der Waals surface area contributed by atoms with Crippen LogP contribution in [-0.2, 0) is 13.6 Å². The first kappa shape index (κ1) is 12.1. The molecule has 0 aromatic carbocycles. The van der Waals surface area contributed by atoms with Crippen LogP contribution in [0.3, 0.4) is 0 Å². The Balaban J connectivity index is 1.95. The van der Waals surface area contributed by atoms with E-state index in [9.17, 15) is 0 Å². The van der Waals surface area contributed by atoms with Crippen LogP contribution in [0.15, 0.2) is 12.3 Å². The van der Waals surface area contributed by atoms with E-state index in [4.69, 9.17) is 0 Å². The highest BCUT2D eigenvalue weighted by Gasteiger charge is 2.22. The second-order valence-electron chi connectivity index (χ2n) is 4.58. The number of halogens is 1. The van der Waals surface area contributed by atoms with Gasteiger partial charge in [0.2, 0.25) is 0 Å². The molecule has 1 aliphatic rings. The van der Waals surface area contributed by atoms with Crippen LogP contribution in [0.5, 0.6) is 0 Å². The summed E-state index contributed by atoms with van der Waals surface area (Å²) in [4.78, 5) is 2.59. The van der Waals surface area contributed by atoms with Crippen molar-refractivity contribution < 1.29 is 0 Å². The molecule has 90 valence electrons. The zero-order valence-corrected chi connectivity index (χ0v) is 11.5. The van der Waals surface area contributed by atoms with Crippen molar-refractivity contribution in [2.45, 2.75) is 38.3 Å². The lowest BCUT2D eigenvalue weighted by molar-refractivity contribution is 0.135.